The fourth-order valence-corrected chi connectivity index (χ4v) is 19.5. The zero-order chi connectivity index (χ0) is 41.3. The van der Waals surface area contributed by atoms with E-state index in [2.05, 4.69) is 149 Å². The van der Waals surface area contributed by atoms with Crippen LogP contribution < -0.4 is 0 Å². The van der Waals surface area contributed by atoms with Gasteiger partial charge in [0, 0.05) is 0 Å². The maximum Gasteiger partial charge on any atom is -0.0238 e. The molecule has 3 heteroatoms. The summed E-state index contributed by atoms with van der Waals surface area (Å²) in [5.41, 5.74) is 9.35. The largest absolute Gasteiger partial charge is 0.0622 e. The van der Waals surface area contributed by atoms with Gasteiger partial charge in [0.1, 0.15) is 0 Å². The molecular weight excluding hydrogens is 782 g/mol. The molecule has 4 aromatic rings. The van der Waals surface area contributed by atoms with Crippen LogP contribution in [0.3, 0.4) is 0 Å². The molecular formula is C56H78P2Ti. The van der Waals surface area contributed by atoms with Crippen molar-refractivity contribution in [3.63, 3.8) is 0 Å². The van der Waals surface area contributed by atoms with E-state index in [-0.39, 0.29) is 35.0 Å². The van der Waals surface area contributed by atoms with E-state index in [9.17, 15) is 0 Å². The molecule has 0 nitrogen and oxygen atoms in total. The van der Waals surface area contributed by atoms with Crippen LogP contribution in [0.1, 0.15) is 172 Å². The predicted octanol–water partition coefficient (Wildman–Crippen LogP) is 18.0. The third-order valence-corrected chi connectivity index (χ3v) is 21.8. The summed E-state index contributed by atoms with van der Waals surface area (Å²) in [6, 6.07) is 40.4. The van der Waals surface area contributed by atoms with E-state index < -0.39 is 0 Å². The van der Waals surface area contributed by atoms with E-state index in [1.807, 2.05) is 10.6 Å². The first-order valence-electron chi connectivity index (χ1n) is 24.1. The average Bonchev–Trinajstić information content (AvgIpc) is 3.84. The zero-order valence-corrected chi connectivity index (χ0v) is 41.0. The molecule has 2 aliphatic carbocycles. The van der Waals surface area contributed by atoms with Gasteiger partial charge in [-0.15, -0.1) is 0 Å². The standard InChI is InChI=1S/2C21H32P.C14H14.Ti/c2*1-3-5-7-11-15-22(16-12-8-6-4-2)21-17-19-13-9-10-14-20(19)18-21;1-3-7-13(8-4-1)11-12-14-9-5-2-6-10-14;/h2*9-10,13-14,17-18H,3-8,11-12,15-16H2,1-2H3;1-10H,11-12H2;. The second-order valence-corrected chi connectivity index (χ2v) is 24.4. The second kappa shape index (κ2) is 28.5. The Morgan fingerprint density at radius 3 is 1.03 bits per heavy atom. The van der Waals surface area contributed by atoms with Crippen molar-refractivity contribution >= 4 is 28.0 Å². The van der Waals surface area contributed by atoms with Gasteiger partial charge in [0.2, 0.25) is 0 Å². The number of hydrogen-bond acceptors (Lipinski definition) is 0. The second-order valence-electron chi connectivity index (χ2n) is 17.1. The van der Waals surface area contributed by atoms with E-state index in [0.717, 1.165) is 21.3 Å². The van der Waals surface area contributed by atoms with E-state index >= 15 is 0 Å². The number of aryl methyl sites for hydroxylation is 2. The van der Waals surface area contributed by atoms with Crippen LogP contribution in [-0.2, 0) is 32.0 Å². The van der Waals surface area contributed by atoms with Crippen LogP contribution in [0.4, 0.5) is 0 Å². The van der Waals surface area contributed by atoms with Gasteiger partial charge in [-0.2, -0.15) is 0 Å². The van der Waals surface area contributed by atoms with E-state index in [0.29, 0.717) is 0 Å². The topological polar surface area (TPSA) is 0 Å². The van der Waals surface area contributed by atoms with Crippen molar-refractivity contribution in [3.8, 4) is 0 Å². The monoisotopic (exact) mass is 861 g/mol. The van der Waals surface area contributed by atoms with Crippen molar-refractivity contribution in [1.29, 1.82) is 0 Å². The Morgan fingerprint density at radius 2 is 0.695 bits per heavy atom. The fourth-order valence-electron chi connectivity index (χ4n) is 8.91. The quantitative estimate of drug-likeness (QED) is 0.0318. The van der Waals surface area contributed by atoms with Crippen molar-refractivity contribution < 1.29 is 19.2 Å². The third-order valence-electron chi connectivity index (χ3n) is 12.4. The summed E-state index contributed by atoms with van der Waals surface area (Å²) in [6.07, 6.45) is 36.0. The number of hydrogen-bond donors (Lipinski definition) is 0. The minimum atomic E-state index is -0.293. The summed E-state index contributed by atoms with van der Waals surface area (Å²) < 4.78 is 1.45. The average molecular weight is 861 g/mol. The predicted molar refractivity (Wildman–Crippen MR) is 264 cm³/mol. The van der Waals surface area contributed by atoms with Gasteiger partial charge in [-0.1, -0.05) is 60.7 Å². The van der Waals surface area contributed by atoms with Gasteiger partial charge in [0.25, 0.3) is 0 Å². The van der Waals surface area contributed by atoms with Gasteiger partial charge in [-0.05, 0) is 24.0 Å². The molecule has 0 spiro atoms. The SMILES string of the molecule is CCCCCCP(CCCCCC)C1=Cc2ccccc2[CH]1[Ti][CH]1C(P(CCCCCC)CCCCCC)=Cc2ccccc21.c1ccc(CCc2ccccc2)cc1. The molecule has 0 aromatic heterocycles. The Morgan fingerprint density at radius 1 is 0.373 bits per heavy atom. The number of unbranched alkanes of at least 4 members (excludes halogenated alkanes) is 12. The first-order valence-corrected chi connectivity index (χ1v) is 29.3. The Kier molecular flexibility index (Phi) is 23.2. The molecule has 0 bridgehead atoms. The van der Waals surface area contributed by atoms with Gasteiger partial charge in [-0.3, -0.25) is 0 Å². The van der Waals surface area contributed by atoms with Crippen LogP contribution in [-0.4, -0.2) is 24.6 Å². The molecule has 0 saturated carbocycles. The zero-order valence-electron chi connectivity index (χ0n) is 37.7. The van der Waals surface area contributed by atoms with Gasteiger partial charge in [0.15, 0.2) is 0 Å². The molecule has 0 amide bonds. The number of benzene rings is 4. The molecule has 316 valence electrons. The maximum atomic E-state index is 2.73. The molecule has 0 heterocycles. The summed E-state index contributed by atoms with van der Waals surface area (Å²) in [5, 5.41) is 3.83. The van der Waals surface area contributed by atoms with Crippen LogP contribution in [0.15, 0.2) is 120 Å². The van der Waals surface area contributed by atoms with Gasteiger partial charge >= 0.3 is 292 Å². The molecule has 59 heavy (non-hydrogen) atoms. The molecule has 6 rings (SSSR count). The Bertz CT molecular complexity index is 1620. The first kappa shape index (κ1) is 48.0. The minimum Gasteiger partial charge on any atom is -0.0622 e. The van der Waals surface area contributed by atoms with Crippen LogP contribution in [0.5, 0.6) is 0 Å². The molecule has 4 aromatic carbocycles. The summed E-state index contributed by atoms with van der Waals surface area (Å²) in [7, 11) is -0.0938. The van der Waals surface area contributed by atoms with Gasteiger partial charge in [0.05, 0.1) is 0 Å². The van der Waals surface area contributed by atoms with Gasteiger partial charge < -0.3 is 0 Å². The summed E-state index contributed by atoms with van der Waals surface area (Å²) in [6.45, 7) is 9.44. The normalized spacial score (nSPS) is 15.4. The molecule has 2 unspecified atom stereocenters. The van der Waals surface area contributed by atoms with E-state index in [1.165, 1.54) is 139 Å². The maximum absolute atomic E-state index is 2.73. The number of rotatable bonds is 27. The molecule has 0 radical (unpaired) electrons. The molecule has 0 N–H and O–H groups in total. The summed E-state index contributed by atoms with van der Waals surface area (Å²) in [4.78, 5) is 0. The minimum absolute atomic E-state index is 0.0469. The Balaban J connectivity index is 0.000000395. The van der Waals surface area contributed by atoms with Crippen molar-refractivity contribution in [2.24, 2.45) is 0 Å². The summed E-state index contributed by atoms with van der Waals surface area (Å²) in [5.74, 6) is 0. The van der Waals surface area contributed by atoms with Crippen LogP contribution in [0, 0.1) is 0 Å². The van der Waals surface area contributed by atoms with Crippen LogP contribution >= 0.6 is 15.8 Å². The number of allylic oxidation sites excluding steroid dienone is 2. The van der Waals surface area contributed by atoms with E-state index in [4.69, 9.17) is 0 Å². The Labute approximate surface area is 374 Å². The third kappa shape index (κ3) is 16.0. The molecule has 0 saturated heterocycles. The smallest absolute Gasteiger partial charge is 0.0238 e. The van der Waals surface area contributed by atoms with Crippen LogP contribution in [0.2, 0.25) is 0 Å². The van der Waals surface area contributed by atoms with Crippen LogP contribution in [0.25, 0.3) is 12.2 Å². The van der Waals surface area contributed by atoms with E-state index in [1.54, 1.807) is 22.3 Å². The molecule has 0 aliphatic heterocycles. The fraction of sp³-hybridized carbons (Fsp3) is 0.500. The summed E-state index contributed by atoms with van der Waals surface area (Å²) >= 11 is -0.293. The van der Waals surface area contributed by atoms with Crippen molar-refractivity contribution in [2.45, 2.75) is 152 Å². The molecule has 0 fully saturated rings. The molecule has 2 atom stereocenters. The van der Waals surface area contributed by atoms with Crippen molar-refractivity contribution in [2.75, 3.05) is 24.6 Å². The van der Waals surface area contributed by atoms with Gasteiger partial charge in [-0.25, -0.2) is 0 Å². The Hall–Kier alpha value is -2.07. The number of fused-ring (bicyclic) bond motifs is 2. The first-order chi connectivity index (χ1) is 29.2. The van der Waals surface area contributed by atoms with Crippen molar-refractivity contribution in [3.05, 3.63) is 153 Å². The molecule has 2 aliphatic rings. The van der Waals surface area contributed by atoms with Crippen molar-refractivity contribution in [1.82, 2.24) is 0 Å².